The summed E-state index contributed by atoms with van der Waals surface area (Å²) in [7, 11) is 0. The van der Waals surface area contributed by atoms with E-state index in [0.717, 1.165) is 6.42 Å². The maximum atomic E-state index is 8.82. The van der Waals surface area contributed by atoms with E-state index in [4.69, 9.17) is 5.11 Å². The molecule has 0 amide bonds. The molecule has 0 fully saturated rings. The lowest BCUT2D eigenvalue weighted by molar-refractivity contribution is 0.283. The zero-order valence-electron chi connectivity index (χ0n) is 5.72. The predicted octanol–water partition coefficient (Wildman–Crippen LogP) is 1.86. The first-order valence-electron chi connectivity index (χ1n) is 3.00. The van der Waals surface area contributed by atoms with Gasteiger partial charge in [0, 0.05) is 5.25 Å². The molecule has 0 aliphatic rings. The van der Waals surface area contributed by atoms with Crippen molar-refractivity contribution in [1.82, 2.24) is 0 Å². The lowest BCUT2D eigenvalue weighted by Gasteiger charge is -2.08. The highest BCUT2D eigenvalue weighted by Gasteiger charge is 2.01. The van der Waals surface area contributed by atoms with Crippen LogP contribution in [0.1, 0.15) is 27.2 Å². The third kappa shape index (κ3) is 4.47. The lowest BCUT2D eigenvalue weighted by atomic mass is 10.4. The van der Waals surface area contributed by atoms with Crippen molar-refractivity contribution >= 4 is 11.8 Å². The molecule has 0 aromatic rings. The van der Waals surface area contributed by atoms with Crippen LogP contribution in [-0.4, -0.2) is 15.8 Å². The van der Waals surface area contributed by atoms with Crippen LogP contribution in [0.15, 0.2) is 0 Å². The van der Waals surface area contributed by atoms with E-state index in [1.807, 2.05) is 0 Å². The van der Waals surface area contributed by atoms with E-state index in [1.165, 1.54) is 0 Å². The fourth-order valence-corrected chi connectivity index (χ4v) is 1.30. The molecule has 0 aliphatic heterocycles. The van der Waals surface area contributed by atoms with Crippen LogP contribution < -0.4 is 0 Å². The van der Waals surface area contributed by atoms with Crippen LogP contribution in [0.2, 0.25) is 0 Å². The van der Waals surface area contributed by atoms with Gasteiger partial charge in [0.05, 0.1) is 5.44 Å². The van der Waals surface area contributed by atoms with Gasteiger partial charge in [-0.05, 0) is 13.3 Å². The average Bonchev–Trinajstić information content (AvgIpc) is 1.65. The van der Waals surface area contributed by atoms with Gasteiger partial charge in [-0.1, -0.05) is 13.8 Å². The molecule has 1 nitrogen and oxygen atoms in total. The topological polar surface area (TPSA) is 20.2 Å². The molecule has 2 atom stereocenters. The van der Waals surface area contributed by atoms with Crippen molar-refractivity contribution in [3.63, 3.8) is 0 Å². The van der Waals surface area contributed by atoms with Gasteiger partial charge in [-0.25, -0.2) is 0 Å². The number of rotatable bonds is 3. The summed E-state index contributed by atoms with van der Waals surface area (Å²) in [6.07, 6.45) is 1.13. The van der Waals surface area contributed by atoms with E-state index < -0.39 is 0 Å². The zero-order chi connectivity index (χ0) is 6.57. The molecule has 50 valence electrons. The van der Waals surface area contributed by atoms with Gasteiger partial charge < -0.3 is 5.11 Å². The Hall–Kier alpha value is 0.310. The Balaban J connectivity index is 3.10. The number of aliphatic hydroxyl groups excluding tert-OH is 1. The fraction of sp³-hybridized carbons (Fsp3) is 1.00. The Kier molecular flexibility index (Phi) is 4.38. The van der Waals surface area contributed by atoms with Crippen molar-refractivity contribution in [1.29, 1.82) is 0 Å². The Morgan fingerprint density at radius 2 is 2.00 bits per heavy atom. The van der Waals surface area contributed by atoms with Crippen molar-refractivity contribution in [2.45, 2.75) is 37.9 Å². The number of hydrogen-bond donors (Lipinski definition) is 1. The third-order valence-electron chi connectivity index (χ3n) is 1.00. The first-order valence-corrected chi connectivity index (χ1v) is 3.94. The largest absolute Gasteiger partial charge is 0.383 e. The predicted molar refractivity (Wildman–Crippen MR) is 39.0 cm³/mol. The Morgan fingerprint density at radius 1 is 1.50 bits per heavy atom. The van der Waals surface area contributed by atoms with Gasteiger partial charge in [0.25, 0.3) is 0 Å². The summed E-state index contributed by atoms with van der Waals surface area (Å²) in [5.41, 5.74) is -0.204. The highest BCUT2D eigenvalue weighted by Crippen LogP contribution is 2.16. The van der Waals surface area contributed by atoms with E-state index in [9.17, 15) is 0 Å². The first-order chi connectivity index (χ1) is 3.66. The SMILES string of the molecule is CCC(C)SC(C)O. The summed E-state index contributed by atoms with van der Waals surface area (Å²) in [5.74, 6) is 0. The third-order valence-corrected chi connectivity index (χ3v) is 2.20. The second kappa shape index (κ2) is 4.21. The molecule has 0 bridgehead atoms. The van der Waals surface area contributed by atoms with Crippen molar-refractivity contribution in [3.05, 3.63) is 0 Å². The molecular formula is C6H14OS. The summed E-state index contributed by atoms with van der Waals surface area (Å²) in [5, 5.41) is 9.41. The van der Waals surface area contributed by atoms with Gasteiger partial charge in [-0.2, -0.15) is 0 Å². The zero-order valence-corrected chi connectivity index (χ0v) is 6.53. The van der Waals surface area contributed by atoms with Gasteiger partial charge in [0.1, 0.15) is 0 Å². The molecular weight excluding hydrogens is 120 g/mol. The van der Waals surface area contributed by atoms with Crippen molar-refractivity contribution in [2.75, 3.05) is 0 Å². The van der Waals surface area contributed by atoms with Crippen LogP contribution in [0.4, 0.5) is 0 Å². The second-order valence-electron chi connectivity index (χ2n) is 1.95. The fourth-order valence-electron chi connectivity index (χ4n) is 0.432. The molecule has 2 heteroatoms. The van der Waals surface area contributed by atoms with Crippen LogP contribution in [0.5, 0.6) is 0 Å². The Labute approximate surface area is 55.5 Å². The monoisotopic (exact) mass is 134 g/mol. The summed E-state index contributed by atoms with van der Waals surface area (Å²) < 4.78 is 0. The number of aliphatic hydroxyl groups is 1. The molecule has 0 rings (SSSR count). The van der Waals surface area contributed by atoms with Gasteiger partial charge in [-0.3, -0.25) is 0 Å². The lowest BCUT2D eigenvalue weighted by Crippen LogP contribution is -2.01. The molecule has 0 spiro atoms. The highest BCUT2D eigenvalue weighted by molar-refractivity contribution is 8.00. The molecule has 2 unspecified atom stereocenters. The van der Waals surface area contributed by atoms with Gasteiger partial charge in [0.15, 0.2) is 0 Å². The molecule has 0 radical (unpaired) electrons. The Morgan fingerprint density at radius 3 is 2.12 bits per heavy atom. The summed E-state index contributed by atoms with van der Waals surface area (Å²) in [4.78, 5) is 0. The molecule has 0 heterocycles. The van der Waals surface area contributed by atoms with Crippen LogP contribution in [-0.2, 0) is 0 Å². The minimum Gasteiger partial charge on any atom is -0.383 e. The smallest absolute Gasteiger partial charge is 0.0967 e. The van der Waals surface area contributed by atoms with Crippen molar-refractivity contribution in [3.8, 4) is 0 Å². The van der Waals surface area contributed by atoms with Crippen molar-refractivity contribution in [2.24, 2.45) is 0 Å². The number of thioether (sulfide) groups is 1. The molecule has 0 saturated heterocycles. The molecule has 0 aromatic heterocycles. The van der Waals surface area contributed by atoms with E-state index in [2.05, 4.69) is 13.8 Å². The maximum Gasteiger partial charge on any atom is 0.0967 e. The van der Waals surface area contributed by atoms with Crippen molar-refractivity contribution < 1.29 is 5.11 Å². The molecule has 0 saturated carbocycles. The van der Waals surface area contributed by atoms with E-state index in [0.29, 0.717) is 5.25 Å². The highest BCUT2D eigenvalue weighted by atomic mass is 32.2. The quantitative estimate of drug-likeness (QED) is 0.594. The minimum absolute atomic E-state index is 0.204. The molecule has 8 heavy (non-hydrogen) atoms. The van der Waals surface area contributed by atoms with E-state index in [-0.39, 0.29) is 5.44 Å². The van der Waals surface area contributed by atoms with Gasteiger partial charge >= 0.3 is 0 Å². The van der Waals surface area contributed by atoms with Crippen LogP contribution in [0, 0.1) is 0 Å². The average molecular weight is 134 g/mol. The summed E-state index contributed by atoms with van der Waals surface area (Å²) in [6.45, 7) is 6.05. The summed E-state index contributed by atoms with van der Waals surface area (Å²) in [6, 6.07) is 0. The molecule has 1 N–H and O–H groups in total. The summed E-state index contributed by atoms with van der Waals surface area (Å²) >= 11 is 1.61. The Bertz CT molecular complexity index is 54.5. The molecule has 0 aromatic carbocycles. The molecule has 0 aliphatic carbocycles. The van der Waals surface area contributed by atoms with E-state index in [1.54, 1.807) is 18.7 Å². The number of hydrogen-bond acceptors (Lipinski definition) is 2. The van der Waals surface area contributed by atoms with Crippen LogP contribution >= 0.6 is 11.8 Å². The van der Waals surface area contributed by atoms with Gasteiger partial charge in [0.2, 0.25) is 0 Å². The van der Waals surface area contributed by atoms with Crippen LogP contribution in [0.25, 0.3) is 0 Å². The van der Waals surface area contributed by atoms with Gasteiger partial charge in [-0.15, -0.1) is 11.8 Å². The standard InChI is InChI=1S/C6H14OS/c1-4-5(2)8-6(3)7/h5-7H,4H2,1-3H3. The van der Waals surface area contributed by atoms with E-state index >= 15 is 0 Å². The minimum atomic E-state index is -0.204. The maximum absolute atomic E-state index is 8.82. The van der Waals surface area contributed by atoms with Crippen LogP contribution in [0.3, 0.4) is 0 Å². The first kappa shape index (κ1) is 8.31. The second-order valence-corrected chi connectivity index (χ2v) is 3.71. The normalized spacial score (nSPS) is 18.0.